The number of hydrogen-bond donors (Lipinski definition) is 1. The van der Waals surface area contributed by atoms with Crippen molar-refractivity contribution in [1.29, 1.82) is 0 Å². The van der Waals surface area contributed by atoms with Crippen molar-refractivity contribution in [2.24, 2.45) is 0 Å². The normalized spacial score (nSPS) is 15.6. The number of hydrogen-bond acceptors (Lipinski definition) is 3. The Morgan fingerprint density at radius 1 is 1.19 bits per heavy atom. The van der Waals surface area contributed by atoms with Crippen LogP contribution < -0.4 is 10.1 Å². The number of benzene rings is 1. The lowest BCUT2D eigenvalue weighted by atomic mass is 9.85. The molecule has 0 amide bonds. The molecule has 0 spiro atoms. The zero-order valence-corrected chi connectivity index (χ0v) is 12.9. The highest BCUT2D eigenvalue weighted by molar-refractivity contribution is 5.66. The number of pyridine rings is 1. The van der Waals surface area contributed by atoms with Crippen molar-refractivity contribution >= 4 is 0 Å². The monoisotopic (exact) mass is 282 g/mol. The average Bonchev–Trinajstić information content (AvgIpc) is 2.81. The van der Waals surface area contributed by atoms with Gasteiger partial charge in [-0.3, -0.25) is 4.98 Å². The molecule has 0 atom stereocenters. The quantitative estimate of drug-likeness (QED) is 0.931. The van der Waals surface area contributed by atoms with Gasteiger partial charge in [0, 0.05) is 35.5 Å². The lowest BCUT2D eigenvalue weighted by Crippen LogP contribution is -2.18. The lowest BCUT2D eigenvalue weighted by Gasteiger charge is -2.16. The van der Waals surface area contributed by atoms with E-state index in [1.807, 2.05) is 12.4 Å². The molecule has 0 saturated carbocycles. The van der Waals surface area contributed by atoms with E-state index in [1.54, 1.807) is 0 Å². The summed E-state index contributed by atoms with van der Waals surface area (Å²) < 4.78 is 5.76. The molecule has 1 aromatic carbocycles. The Morgan fingerprint density at radius 2 is 2.05 bits per heavy atom. The van der Waals surface area contributed by atoms with E-state index in [2.05, 4.69) is 55.3 Å². The van der Waals surface area contributed by atoms with Crippen LogP contribution in [0.15, 0.2) is 36.7 Å². The summed E-state index contributed by atoms with van der Waals surface area (Å²) in [4.78, 5) is 4.37. The number of rotatable bonds is 4. The SMILES string of the molecule is CCNCc1cncc(-c2ccc3c(c2)C(C)(C)CO3)c1. The highest BCUT2D eigenvalue weighted by atomic mass is 16.5. The van der Waals surface area contributed by atoms with Gasteiger partial charge in [0.1, 0.15) is 5.75 Å². The molecule has 2 aromatic rings. The van der Waals surface area contributed by atoms with Crippen LogP contribution in [0.1, 0.15) is 31.9 Å². The summed E-state index contributed by atoms with van der Waals surface area (Å²) >= 11 is 0. The zero-order chi connectivity index (χ0) is 14.9. The van der Waals surface area contributed by atoms with Gasteiger partial charge in [-0.2, -0.15) is 0 Å². The minimum Gasteiger partial charge on any atom is -0.492 e. The van der Waals surface area contributed by atoms with Gasteiger partial charge in [-0.15, -0.1) is 0 Å². The van der Waals surface area contributed by atoms with E-state index in [0.29, 0.717) is 0 Å². The van der Waals surface area contributed by atoms with Gasteiger partial charge in [0.05, 0.1) is 6.61 Å². The van der Waals surface area contributed by atoms with Gasteiger partial charge in [-0.25, -0.2) is 0 Å². The zero-order valence-electron chi connectivity index (χ0n) is 12.9. The van der Waals surface area contributed by atoms with E-state index in [1.165, 1.54) is 16.7 Å². The van der Waals surface area contributed by atoms with E-state index in [4.69, 9.17) is 4.74 Å². The lowest BCUT2D eigenvalue weighted by molar-refractivity contribution is 0.291. The molecule has 0 bridgehead atoms. The Kier molecular flexibility index (Phi) is 3.68. The first-order chi connectivity index (χ1) is 10.1. The largest absolute Gasteiger partial charge is 0.492 e. The van der Waals surface area contributed by atoms with E-state index in [9.17, 15) is 0 Å². The number of aromatic nitrogens is 1. The fourth-order valence-corrected chi connectivity index (χ4v) is 2.71. The second-order valence-corrected chi connectivity index (χ2v) is 6.25. The van der Waals surface area contributed by atoms with Crippen LogP contribution in [0.5, 0.6) is 5.75 Å². The summed E-state index contributed by atoms with van der Waals surface area (Å²) in [5.41, 5.74) is 4.96. The summed E-state index contributed by atoms with van der Waals surface area (Å²) in [5.74, 6) is 1.01. The second-order valence-electron chi connectivity index (χ2n) is 6.25. The Bertz CT molecular complexity index is 649. The topological polar surface area (TPSA) is 34.2 Å². The van der Waals surface area contributed by atoms with E-state index >= 15 is 0 Å². The summed E-state index contributed by atoms with van der Waals surface area (Å²) in [6.07, 6.45) is 3.85. The van der Waals surface area contributed by atoms with Crippen molar-refractivity contribution in [3.05, 3.63) is 47.8 Å². The first kappa shape index (κ1) is 14.1. The Balaban J connectivity index is 1.94. The van der Waals surface area contributed by atoms with Gasteiger partial charge in [0.25, 0.3) is 0 Å². The van der Waals surface area contributed by atoms with Crippen LogP contribution in [0.4, 0.5) is 0 Å². The molecule has 0 unspecified atom stereocenters. The van der Waals surface area contributed by atoms with Crippen molar-refractivity contribution in [1.82, 2.24) is 10.3 Å². The average molecular weight is 282 g/mol. The van der Waals surface area contributed by atoms with Crippen LogP contribution in [0.2, 0.25) is 0 Å². The molecular formula is C18H22N2O. The molecule has 1 aliphatic heterocycles. The van der Waals surface area contributed by atoms with Crippen LogP contribution in [-0.2, 0) is 12.0 Å². The molecular weight excluding hydrogens is 260 g/mol. The standard InChI is InChI=1S/C18H22N2O/c1-4-19-9-13-7-15(11-20-10-13)14-5-6-17-16(8-14)18(2,3)12-21-17/h5-8,10-11,19H,4,9,12H2,1-3H3. The van der Waals surface area contributed by atoms with E-state index in [0.717, 1.165) is 31.0 Å². The molecule has 3 heteroatoms. The first-order valence-electron chi connectivity index (χ1n) is 7.52. The van der Waals surface area contributed by atoms with Gasteiger partial charge in [-0.05, 0) is 35.9 Å². The van der Waals surface area contributed by atoms with Gasteiger partial charge in [-0.1, -0.05) is 26.8 Å². The fourth-order valence-electron chi connectivity index (χ4n) is 2.71. The Morgan fingerprint density at radius 3 is 2.86 bits per heavy atom. The van der Waals surface area contributed by atoms with Crippen LogP contribution >= 0.6 is 0 Å². The third-order valence-corrected chi connectivity index (χ3v) is 4.00. The van der Waals surface area contributed by atoms with Crippen LogP contribution in [-0.4, -0.2) is 18.1 Å². The minimum atomic E-state index is 0.0835. The molecule has 3 rings (SSSR count). The molecule has 0 aliphatic carbocycles. The van der Waals surface area contributed by atoms with Gasteiger partial charge >= 0.3 is 0 Å². The number of nitrogens with zero attached hydrogens (tertiary/aromatic N) is 1. The molecule has 0 fully saturated rings. The molecule has 3 nitrogen and oxygen atoms in total. The molecule has 0 radical (unpaired) electrons. The van der Waals surface area contributed by atoms with Crippen LogP contribution in [0.3, 0.4) is 0 Å². The van der Waals surface area contributed by atoms with E-state index in [-0.39, 0.29) is 5.41 Å². The molecule has 21 heavy (non-hydrogen) atoms. The maximum absolute atomic E-state index is 5.76. The fraction of sp³-hybridized carbons (Fsp3) is 0.389. The molecule has 2 heterocycles. The van der Waals surface area contributed by atoms with Gasteiger partial charge in [0.15, 0.2) is 0 Å². The predicted octanol–water partition coefficient (Wildman–Crippen LogP) is 3.53. The Labute approximate surface area is 126 Å². The highest BCUT2D eigenvalue weighted by Gasteiger charge is 2.31. The van der Waals surface area contributed by atoms with Crippen LogP contribution in [0, 0.1) is 0 Å². The molecule has 1 aliphatic rings. The van der Waals surface area contributed by atoms with Crippen molar-refractivity contribution in [3.63, 3.8) is 0 Å². The van der Waals surface area contributed by atoms with Crippen molar-refractivity contribution in [3.8, 4) is 16.9 Å². The second kappa shape index (κ2) is 5.49. The van der Waals surface area contributed by atoms with Gasteiger partial charge in [0.2, 0.25) is 0 Å². The van der Waals surface area contributed by atoms with Crippen molar-refractivity contribution in [2.45, 2.75) is 32.7 Å². The third kappa shape index (κ3) is 2.79. The van der Waals surface area contributed by atoms with Crippen molar-refractivity contribution < 1.29 is 4.74 Å². The Hall–Kier alpha value is -1.87. The number of nitrogens with one attached hydrogen (secondary N) is 1. The van der Waals surface area contributed by atoms with E-state index < -0.39 is 0 Å². The maximum atomic E-state index is 5.76. The van der Waals surface area contributed by atoms with Gasteiger partial charge < -0.3 is 10.1 Å². The molecule has 0 saturated heterocycles. The molecule has 110 valence electrons. The third-order valence-electron chi connectivity index (χ3n) is 4.00. The van der Waals surface area contributed by atoms with Crippen molar-refractivity contribution in [2.75, 3.05) is 13.2 Å². The predicted molar refractivity (Wildman–Crippen MR) is 85.6 cm³/mol. The first-order valence-corrected chi connectivity index (χ1v) is 7.52. The van der Waals surface area contributed by atoms with Crippen LogP contribution in [0.25, 0.3) is 11.1 Å². The summed E-state index contributed by atoms with van der Waals surface area (Å²) in [6.45, 7) is 9.14. The number of fused-ring (bicyclic) bond motifs is 1. The maximum Gasteiger partial charge on any atom is 0.123 e. The molecule has 1 N–H and O–H groups in total. The number of ether oxygens (including phenoxy) is 1. The summed E-state index contributed by atoms with van der Waals surface area (Å²) in [5, 5.41) is 3.34. The minimum absolute atomic E-state index is 0.0835. The summed E-state index contributed by atoms with van der Waals surface area (Å²) in [6, 6.07) is 8.65. The summed E-state index contributed by atoms with van der Waals surface area (Å²) in [7, 11) is 0. The smallest absolute Gasteiger partial charge is 0.123 e. The highest BCUT2D eigenvalue weighted by Crippen LogP contribution is 2.40. The molecule has 1 aromatic heterocycles.